The van der Waals surface area contributed by atoms with Crippen LogP contribution in [0.15, 0.2) is 0 Å². The van der Waals surface area contributed by atoms with Gasteiger partial charge < -0.3 is 9.50 Å². The molecule has 4 heteroatoms. The van der Waals surface area contributed by atoms with E-state index in [9.17, 15) is 0 Å². The molecule has 0 bridgehead atoms. The average Bonchev–Trinajstić information content (AvgIpc) is 1.63. The van der Waals surface area contributed by atoms with Crippen LogP contribution in [0.25, 0.3) is 0 Å². The van der Waals surface area contributed by atoms with Gasteiger partial charge in [0.25, 0.3) is 0 Å². The number of rotatable bonds is 3. The van der Waals surface area contributed by atoms with Crippen molar-refractivity contribution >= 4 is 19.9 Å². The lowest BCUT2D eigenvalue weighted by molar-refractivity contribution is 0.172. The van der Waals surface area contributed by atoms with Crippen molar-refractivity contribution in [2.24, 2.45) is 0 Å². The molecule has 1 aliphatic rings. The molecular weight excluding hydrogens is 121 g/mol. The third-order valence-electron chi connectivity index (χ3n) is 1.02. The molecule has 1 rings (SSSR count). The first-order chi connectivity index (χ1) is 3.93. The summed E-state index contributed by atoms with van der Waals surface area (Å²) >= 11 is 1.33. The van der Waals surface area contributed by atoms with Gasteiger partial charge in [0.15, 0.2) is 0 Å². The van der Waals surface area contributed by atoms with E-state index in [1.54, 1.807) is 0 Å². The molecule has 0 aromatic heterocycles. The summed E-state index contributed by atoms with van der Waals surface area (Å²) < 4.78 is 5.16. The molecule has 0 atom stereocenters. The molecule has 2 radical (unpaired) electrons. The van der Waals surface area contributed by atoms with Gasteiger partial charge in [-0.3, -0.25) is 0 Å². The molecule has 1 heterocycles. The fourth-order valence-corrected chi connectivity index (χ4v) is 0.873. The summed E-state index contributed by atoms with van der Waals surface area (Å²) in [5, 5.41) is 3.09. The standard InChI is InChI=1S/C4H8BNOS/c5-3-8-7-4-1-6-2-4/h4,6H,1-3H2. The molecule has 44 valence electrons. The minimum Gasteiger partial charge on any atom is -0.311 e. The summed E-state index contributed by atoms with van der Waals surface area (Å²) in [4.78, 5) is 0. The second-order valence-electron chi connectivity index (χ2n) is 1.66. The van der Waals surface area contributed by atoms with Gasteiger partial charge in [0.1, 0.15) is 0 Å². The number of hydrogen-bond acceptors (Lipinski definition) is 3. The molecule has 8 heavy (non-hydrogen) atoms. The molecule has 0 amide bonds. The first kappa shape index (κ1) is 6.45. The lowest BCUT2D eigenvalue weighted by Gasteiger charge is -2.25. The zero-order valence-electron chi connectivity index (χ0n) is 4.59. The Bertz CT molecular complexity index is 69.1. The maximum atomic E-state index is 5.17. The molecule has 0 aromatic rings. The Morgan fingerprint density at radius 3 is 2.88 bits per heavy atom. The SMILES string of the molecule is [B]CSOC1CNC1. The van der Waals surface area contributed by atoms with Gasteiger partial charge in [0.2, 0.25) is 0 Å². The smallest absolute Gasteiger partial charge is 0.0969 e. The number of hydrogen-bond donors (Lipinski definition) is 1. The largest absolute Gasteiger partial charge is 0.311 e. The summed E-state index contributed by atoms with van der Waals surface area (Å²) in [5.41, 5.74) is 0.552. The Morgan fingerprint density at radius 1 is 1.75 bits per heavy atom. The van der Waals surface area contributed by atoms with Gasteiger partial charge in [-0.15, -0.1) is 0 Å². The summed E-state index contributed by atoms with van der Waals surface area (Å²) in [7, 11) is 5.17. The van der Waals surface area contributed by atoms with E-state index < -0.39 is 0 Å². The van der Waals surface area contributed by atoms with Crippen molar-refractivity contribution in [3.8, 4) is 0 Å². The third kappa shape index (κ3) is 1.69. The summed E-state index contributed by atoms with van der Waals surface area (Å²) in [5.74, 6) is 0. The van der Waals surface area contributed by atoms with Crippen molar-refractivity contribution in [1.29, 1.82) is 0 Å². The quantitative estimate of drug-likeness (QED) is 0.419. The van der Waals surface area contributed by atoms with Gasteiger partial charge in [-0.05, 0) is 17.7 Å². The highest BCUT2D eigenvalue weighted by Crippen LogP contribution is 2.07. The molecule has 0 unspecified atom stereocenters. The Hall–Kier alpha value is 0.335. The van der Waals surface area contributed by atoms with E-state index in [2.05, 4.69) is 5.32 Å². The summed E-state index contributed by atoms with van der Waals surface area (Å²) in [6.45, 7) is 1.96. The molecule has 1 saturated heterocycles. The molecular formula is C4H8BNOS. The summed E-state index contributed by atoms with van der Waals surface area (Å²) in [6.07, 6.45) is 0.406. The zero-order valence-corrected chi connectivity index (χ0v) is 5.41. The van der Waals surface area contributed by atoms with E-state index in [1.807, 2.05) is 0 Å². The second kappa shape index (κ2) is 3.38. The average molecular weight is 129 g/mol. The van der Waals surface area contributed by atoms with Gasteiger partial charge in [-0.2, -0.15) is 0 Å². The van der Waals surface area contributed by atoms with Gasteiger partial charge in [-0.1, -0.05) is 0 Å². The predicted molar refractivity (Wildman–Crippen MR) is 36.0 cm³/mol. The maximum Gasteiger partial charge on any atom is 0.0969 e. The number of nitrogens with one attached hydrogen (secondary N) is 1. The van der Waals surface area contributed by atoms with Gasteiger partial charge in [0, 0.05) is 13.1 Å². The van der Waals surface area contributed by atoms with Crippen molar-refractivity contribution < 1.29 is 4.18 Å². The van der Waals surface area contributed by atoms with Crippen LogP contribution in [-0.4, -0.2) is 32.7 Å². The van der Waals surface area contributed by atoms with Gasteiger partial charge in [-0.25, -0.2) is 0 Å². The van der Waals surface area contributed by atoms with Crippen LogP contribution in [0.1, 0.15) is 0 Å². The van der Waals surface area contributed by atoms with E-state index >= 15 is 0 Å². The molecule has 1 fully saturated rings. The third-order valence-corrected chi connectivity index (χ3v) is 1.56. The fourth-order valence-electron chi connectivity index (χ4n) is 0.466. The van der Waals surface area contributed by atoms with Crippen molar-refractivity contribution in [3.63, 3.8) is 0 Å². The van der Waals surface area contributed by atoms with Crippen LogP contribution in [0, 0.1) is 0 Å². The first-order valence-corrected chi connectivity index (χ1v) is 3.53. The van der Waals surface area contributed by atoms with Gasteiger partial charge >= 0.3 is 0 Å². The van der Waals surface area contributed by atoms with Crippen LogP contribution in [0.2, 0.25) is 0 Å². The van der Waals surface area contributed by atoms with Crippen LogP contribution < -0.4 is 5.32 Å². The predicted octanol–water partition coefficient (Wildman–Crippen LogP) is -0.251. The Labute approximate surface area is 55.0 Å². The maximum absolute atomic E-state index is 5.17. The topological polar surface area (TPSA) is 21.3 Å². The van der Waals surface area contributed by atoms with Crippen molar-refractivity contribution in [2.45, 2.75) is 6.10 Å². The van der Waals surface area contributed by atoms with Crippen molar-refractivity contribution in [2.75, 3.05) is 18.7 Å². The van der Waals surface area contributed by atoms with E-state index in [-0.39, 0.29) is 0 Å². The normalized spacial score (nSPS) is 20.5. The highest BCUT2D eigenvalue weighted by molar-refractivity contribution is 7.95. The van der Waals surface area contributed by atoms with Crippen molar-refractivity contribution in [3.05, 3.63) is 0 Å². The van der Waals surface area contributed by atoms with Crippen LogP contribution in [0.5, 0.6) is 0 Å². The Balaban J connectivity index is 1.86. The Morgan fingerprint density at radius 2 is 2.50 bits per heavy atom. The van der Waals surface area contributed by atoms with Crippen molar-refractivity contribution in [1.82, 2.24) is 5.32 Å². The van der Waals surface area contributed by atoms with Crippen LogP contribution >= 0.6 is 12.0 Å². The molecule has 2 nitrogen and oxygen atoms in total. The van der Waals surface area contributed by atoms with Crippen LogP contribution in [0.4, 0.5) is 0 Å². The molecule has 1 aliphatic heterocycles. The Kier molecular flexibility index (Phi) is 2.73. The van der Waals surface area contributed by atoms with E-state index in [1.165, 1.54) is 12.0 Å². The summed E-state index contributed by atoms with van der Waals surface area (Å²) in [6, 6.07) is 0. The van der Waals surface area contributed by atoms with E-state index in [0.29, 0.717) is 11.8 Å². The molecule has 0 aliphatic carbocycles. The highest BCUT2D eigenvalue weighted by Gasteiger charge is 2.16. The molecule has 0 aromatic carbocycles. The highest BCUT2D eigenvalue weighted by atomic mass is 32.2. The molecule has 0 saturated carbocycles. The molecule has 0 spiro atoms. The minimum absolute atomic E-state index is 0.406. The zero-order chi connectivity index (χ0) is 5.82. The van der Waals surface area contributed by atoms with Crippen LogP contribution in [-0.2, 0) is 4.18 Å². The minimum atomic E-state index is 0.406. The van der Waals surface area contributed by atoms with Gasteiger partial charge in [0.05, 0.1) is 14.0 Å². The first-order valence-electron chi connectivity index (χ1n) is 2.62. The van der Waals surface area contributed by atoms with E-state index in [0.717, 1.165) is 13.1 Å². The fraction of sp³-hybridized carbons (Fsp3) is 1.00. The second-order valence-corrected chi connectivity index (χ2v) is 2.42. The molecule has 1 N–H and O–H groups in total. The lowest BCUT2D eigenvalue weighted by Crippen LogP contribution is -2.47. The monoisotopic (exact) mass is 129 g/mol. The van der Waals surface area contributed by atoms with E-state index in [4.69, 9.17) is 12.0 Å². The lowest BCUT2D eigenvalue weighted by atomic mass is 10.2. The van der Waals surface area contributed by atoms with Crippen LogP contribution in [0.3, 0.4) is 0 Å².